The first-order valence-electron chi connectivity index (χ1n) is 10.8. The molecule has 2 aliphatic heterocycles. The number of amides is 2. The molecule has 2 amide bonds. The summed E-state index contributed by atoms with van der Waals surface area (Å²) in [7, 11) is 0. The second-order valence-corrected chi connectivity index (χ2v) is 9.35. The molecule has 7 nitrogen and oxygen atoms in total. The van der Waals surface area contributed by atoms with Gasteiger partial charge in [0.1, 0.15) is 0 Å². The fraction of sp³-hybridized carbons (Fsp3) is 0.857. The number of hydrogen-bond donors (Lipinski definition) is 2. The SMILES string of the molecule is CC(C)CCNC(=O)C1CCN(C(=O)CN2C[C@@H]3CCC[C@@]3(C(=O)O)C2)CC1.Cl. The maximum Gasteiger partial charge on any atom is 0.311 e. The molecule has 3 fully saturated rings. The van der Waals surface area contributed by atoms with Crippen molar-refractivity contribution >= 4 is 30.2 Å². The summed E-state index contributed by atoms with van der Waals surface area (Å²) in [5, 5.41) is 12.7. The van der Waals surface area contributed by atoms with Crippen molar-refractivity contribution in [2.75, 3.05) is 39.3 Å². The normalized spacial score (nSPS) is 27.6. The number of piperidine rings is 1. The van der Waals surface area contributed by atoms with Gasteiger partial charge in [-0.05, 0) is 43.9 Å². The summed E-state index contributed by atoms with van der Waals surface area (Å²) >= 11 is 0. The first-order chi connectivity index (χ1) is 13.3. The number of rotatable bonds is 7. The van der Waals surface area contributed by atoms with E-state index in [0.717, 1.165) is 32.2 Å². The Morgan fingerprint density at radius 2 is 1.86 bits per heavy atom. The summed E-state index contributed by atoms with van der Waals surface area (Å²) in [6.07, 6.45) is 5.06. The minimum Gasteiger partial charge on any atom is -0.481 e. The lowest BCUT2D eigenvalue weighted by molar-refractivity contribution is -0.149. The first kappa shape index (κ1) is 23.9. The Balaban J connectivity index is 0.00000300. The lowest BCUT2D eigenvalue weighted by Crippen LogP contribution is -2.46. The van der Waals surface area contributed by atoms with E-state index < -0.39 is 11.4 Å². The first-order valence-corrected chi connectivity index (χ1v) is 10.8. The molecule has 0 bridgehead atoms. The van der Waals surface area contributed by atoms with E-state index in [4.69, 9.17) is 0 Å². The van der Waals surface area contributed by atoms with Gasteiger partial charge in [-0.1, -0.05) is 20.3 Å². The van der Waals surface area contributed by atoms with Crippen molar-refractivity contribution in [3.8, 4) is 0 Å². The zero-order chi connectivity index (χ0) is 20.3. The van der Waals surface area contributed by atoms with Gasteiger partial charge in [0, 0.05) is 38.6 Å². The Labute approximate surface area is 180 Å². The van der Waals surface area contributed by atoms with Crippen molar-refractivity contribution in [1.29, 1.82) is 0 Å². The summed E-state index contributed by atoms with van der Waals surface area (Å²) in [4.78, 5) is 40.6. The van der Waals surface area contributed by atoms with Gasteiger partial charge in [0.05, 0.1) is 12.0 Å². The van der Waals surface area contributed by atoms with E-state index in [1.165, 1.54) is 0 Å². The number of carbonyl (C=O) groups excluding carboxylic acids is 2. The largest absolute Gasteiger partial charge is 0.481 e. The topological polar surface area (TPSA) is 90.0 Å². The molecule has 2 heterocycles. The van der Waals surface area contributed by atoms with Crippen molar-refractivity contribution in [1.82, 2.24) is 15.1 Å². The van der Waals surface area contributed by atoms with E-state index in [1.54, 1.807) is 0 Å². The van der Waals surface area contributed by atoms with Gasteiger partial charge in [0.15, 0.2) is 0 Å². The average molecular weight is 430 g/mol. The van der Waals surface area contributed by atoms with Crippen LogP contribution in [-0.4, -0.2) is 72.0 Å². The smallest absolute Gasteiger partial charge is 0.311 e. The van der Waals surface area contributed by atoms with Crippen LogP contribution in [0.4, 0.5) is 0 Å². The summed E-state index contributed by atoms with van der Waals surface area (Å²) in [6, 6.07) is 0. The zero-order valence-corrected chi connectivity index (χ0v) is 18.5. The standard InChI is InChI=1S/C21H35N3O4.ClH/c1-15(2)5-9-22-19(26)16-6-10-24(11-7-16)18(25)13-23-12-17-4-3-8-21(17,14-23)20(27)28;/h15-17H,3-14H2,1-2H3,(H,22,26)(H,27,28);1H/t17-,21+;/m0./s1. The maximum atomic E-state index is 12.7. The van der Waals surface area contributed by atoms with Crippen LogP contribution in [0.25, 0.3) is 0 Å². The van der Waals surface area contributed by atoms with Crippen molar-refractivity contribution in [3.05, 3.63) is 0 Å². The molecule has 8 heteroatoms. The molecule has 2 atom stereocenters. The zero-order valence-electron chi connectivity index (χ0n) is 17.7. The van der Waals surface area contributed by atoms with Crippen LogP contribution in [-0.2, 0) is 14.4 Å². The predicted molar refractivity (Wildman–Crippen MR) is 113 cm³/mol. The van der Waals surface area contributed by atoms with E-state index in [1.807, 2.05) is 9.80 Å². The van der Waals surface area contributed by atoms with Gasteiger partial charge < -0.3 is 15.3 Å². The van der Waals surface area contributed by atoms with Gasteiger partial charge in [-0.3, -0.25) is 19.3 Å². The maximum absolute atomic E-state index is 12.7. The molecule has 0 aromatic rings. The third-order valence-corrected chi connectivity index (χ3v) is 6.97. The number of nitrogens with one attached hydrogen (secondary N) is 1. The van der Waals surface area contributed by atoms with Crippen LogP contribution in [0, 0.1) is 23.2 Å². The number of likely N-dealkylation sites (tertiary alicyclic amines) is 2. The molecule has 0 aromatic heterocycles. The Morgan fingerprint density at radius 3 is 2.45 bits per heavy atom. The molecule has 3 aliphatic rings. The molecule has 166 valence electrons. The van der Waals surface area contributed by atoms with Gasteiger partial charge in [0.25, 0.3) is 0 Å². The molecule has 1 saturated carbocycles. The van der Waals surface area contributed by atoms with Crippen LogP contribution in [0.5, 0.6) is 0 Å². The number of carboxylic acids is 1. The van der Waals surface area contributed by atoms with Crippen molar-refractivity contribution in [3.63, 3.8) is 0 Å². The van der Waals surface area contributed by atoms with Gasteiger partial charge in [0.2, 0.25) is 11.8 Å². The third kappa shape index (κ3) is 5.43. The highest BCUT2D eigenvalue weighted by Gasteiger charge is 2.54. The Kier molecular flexibility index (Phi) is 8.35. The van der Waals surface area contributed by atoms with Crippen LogP contribution >= 0.6 is 12.4 Å². The van der Waals surface area contributed by atoms with Gasteiger partial charge in [-0.25, -0.2) is 0 Å². The quantitative estimate of drug-likeness (QED) is 0.646. The highest BCUT2D eigenvalue weighted by atomic mass is 35.5. The van der Waals surface area contributed by atoms with E-state index in [0.29, 0.717) is 51.5 Å². The highest BCUT2D eigenvalue weighted by molar-refractivity contribution is 5.85. The average Bonchev–Trinajstić information content (AvgIpc) is 3.19. The van der Waals surface area contributed by atoms with Crippen LogP contribution in [0.1, 0.15) is 52.4 Å². The summed E-state index contributed by atoms with van der Waals surface area (Å²) < 4.78 is 0. The number of halogens is 1. The van der Waals surface area contributed by atoms with Gasteiger partial charge in [-0.15, -0.1) is 12.4 Å². The Bertz CT molecular complexity index is 607. The molecule has 2 saturated heterocycles. The monoisotopic (exact) mass is 429 g/mol. The fourth-order valence-electron chi connectivity index (χ4n) is 5.17. The second-order valence-electron chi connectivity index (χ2n) is 9.35. The number of nitrogens with zero attached hydrogens (tertiary/aromatic N) is 2. The molecule has 3 rings (SSSR count). The third-order valence-electron chi connectivity index (χ3n) is 6.97. The van der Waals surface area contributed by atoms with E-state index >= 15 is 0 Å². The Morgan fingerprint density at radius 1 is 1.17 bits per heavy atom. The summed E-state index contributed by atoms with van der Waals surface area (Å²) in [5.74, 6) is 0.234. The van der Waals surface area contributed by atoms with E-state index in [9.17, 15) is 19.5 Å². The van der Waals surface area contributed by atoms with Gasteiger partial charge >= 0.3 is 5.97 Å². The molecule has 0 unspecified atom stereocenters. The molecular weight excluding hydrogens is 394 g/mol. The van der Waals surface area contributed by atoms with E-state index in [-0.39, 0.29) is 36.1 Å². The molecular formula is C21H36ClN3O4. The number of carboxylic acid groups (broad SMARTS) is 1. The van der Waals surface area contributed by atoms with E-state index in [2.05, 4.69) is 19.2 Å². The molecule has 29 heavy (non-hydrogen) atoms. The molecule has 0 radical (unpaired) electrons. The van der Waals surface area contributed by atoms with Crippen molar-refractivity contribution in [2.45, 2.75) is 52.4 Å². The highest BCUT2D eigenvalue weighted by Crippen LogP contribution is 2.48. The number of fused-ring (bicyclic) bond motifs is 1. The summed E-state index contributed by atoms with van der Waals surface area (Å²) in [5.41, 5.74) is -0.638. The molecule has 0 spiro atoms. The number of hydrogen-bond acceptors (Lipinski definition) is 4. The molecule has 0 aromatic carbocycles. The second kappa shape index (κ2) is 10.1. The van der Waals surface area contributed by atoms with Crippen LogP contribution in [0.15, 0.2) is 0 Å². The lowest BCUT2D eigenvalue weighted by Gasteiger charge is -2.32. The van der Waals surface area contributed by atoms with Gasteiger partial charge in [-0.2, -0.15) is 0 Å². The van der Waals surface area contributed by atoms with Crippen molar-refractivity contribution < 1.29 is 19.5 Å². The lowest BCUT2D eigenvalue weighted by atomic mass is 9.81. The molecule has 1 aliphatic carbocycles. The molecule has 2 N–H and O–H groups in total. The minimum absolute atomic E-state index is 0. The number of aliphatic carboxylic acids is 1. The van der Waals surface area contributed by atoms with Crippen LogP contribution in [0.3, 0.4) is 0 Å². The Hall–Kier alpha value is -1.34. The fourth-order valence-corrected chi connectivity index (χ4v) is 5.17. The van der Waals surface area contributed by atoms with Crippen molar-refractivity contribution in [2.24, 2.45) is 23.2 Å². The van der Waals surface area contributed by atoms with Crippen LogP contribution in [0.2, 0.25) is 0 Å². The summed E-state index contributed by atoms with van der Waals surface area (Å²) in [6.45, 7) is 7.74. The number of carbonyl (C=O) groups is 3. The van der Waals surface area contributed by atoms with Crippen LogP contribution < -0.4 is 5.32 Å². The predicted octanol–water partition coefficient (Wildman–Crippen LogP) is 2.00. The minimum atomic E-state index is -0.700.